The lowest BCUT2D eigenvalue weighted by atomic mass is 10.2. The first-order chi connectivity index (χ1) is 13.9. The van der Waals surface area contributed by atoms with Crippen LogP contribution in [-0.4, -0.2) is 28.9 Å². The van der Waals surface area contributed by atoms with Gasteiger partial charge in [-0.1, -0.05) is 54.2 Å². The Hall–Kier alpha value is -2.26. The molecule has 0 atom stereocenters. The summed E-state index contributed by atoms with van der Waals surface area (Å²) < 4.78 is 50.5. The Morgan fingerprint density at radius 3 is 2.31 bits per heavy atom. The van der Waals surface area contributed by atoms with E-state index >= 15 is 0 Å². The number of rotatable bonds is 8. The van der Waals surface area contributed by atoms with Crippen LogP contribution in [0, 0.1) is 0 Å². The van der Waals surface area contributed by atoms with Crippen LogP contribution >= 0.6 is 11.8 Å². The van der Waals surface area contributed by atoms with Crippen LogP contribution in [0.4, 0.5) is 8.78 Å². The minimum absolute atomic E-state index is 0.371. The van der Waals surface area contributed by atoms with Crippen molar-refractivity contribution in [1.82, 2.24) is 14.8 Å². The van der Waals surface area contributed by atoms with Gasteiger partial charge in [-0.2, -0.15) is 8.78 Å². The molecule has 1 saturated carbocycles. The lowest BCUT2D eigenvalue weighted by Crippen LogP contribution is -2.11. The second-order valence-corrected chi connectivity index (χ2v) is 9.79. The lowest BCUT2D eigenvalue weighted by molar-refractivity contribution is 0.234. The Balaban J connectivity index is 1.50. The van der Waals surface area contributed by atoms with Crippen molar-refractivity contribution in [3.63, 3.8) is 0 Å². The Labute approximate surface area is 172 Å². The van der Waals surface area contributed by atoms with Gasteiger partial charge in [0.05, 0.1) is 11.4 Å². The van der Waals surface area contributed by atoms with Crippen molar-refractivity contribution in [3.05, 3.63) is 71.5 Å². The van der Waals surface area contributed by atoms with Gasteiger partial charge < -0.3 is 4.57 Å². The molecule has 1 fully saturated rings. The van der Waals surface area contributed by atoms with Crippen molar-refractivity contribution in [1.29, 1.82) is 0 Å². The molecule has 0 amide bonds. The fourth-order valence-electron chi connectivity index (χ4n) is 2.99. The van der Waals surface area contributed by atoms with Crippen molar-refractivity contribution in [2.75, 3.05) is 0 Å². The van der Waals surface area contributed by atoms with E-state index in [4.69, 9.17) is 0 Å². The van der Waals surface area contributed by atoms with Gasteiger partial charge in [0, 0.05) is 11.7 Å². The number of nitrogens with zero attached hydrogens (tertiary/aromatic N) is 3. The number of sulfone groups is 1. The normalized spacial score (nSPS) is 14.4. The Bertz CT molecular complexity index is 1080. The number of hydrogen-bond donors (Lipinski definition) is 0. The van der Waals surface area contributed by atoms with Crippen LogP contribution < -0.4 is 0 Å². The first-order valence-electron chi connectivity index (χ1n) is 9.16. The van der Waals surface area contributed by atoms with Crippen molar-refractivity contribution < 1.29 is 17.2 Å². The average Bonchev–Trinajstić information content (AvgIpc) is 3.49. The van der Waals surface area contributed by atoms with Gasteiger partial charge in [-0.25, -0.2) is 8.42 Å². The van der Waals surface area contributed by atoms with Gasteiger partial charge in [-0.15, -0.1) is 10.2 Å². The third-order valence-corrected chi connectivity index (χ3v) is 7.16. The minimum Gasteiger partial charge on any atom is -0.301 e. The first-order valence-corrected chi connectivity index (χ1v) is 11.7. The standard InChI is InChI=1S/C20H19F2N3O2S2/c21-19(22)29(26,27)17-10-6-15(7-11-17)13-28-20-24-23-18(16-8-9-16)25(20)12-14-4-2-1-3-5-14/h1-7,10-11,16,19H,8-9,12-13H2. The molecule has 29 heavy (non-hydrogen) atoms. The number of halogens is 2. The van der Waals surface area contributed by atoms with E-state index in [2.05, 4.69) is 26.9 Å². The van der Waals surface area contributed by atoms with E-state index in [9.17, 15) is 17.2 Å². The molecule has 0 unspecified atom stereocenters. The van der Waals surface area contributed by atoms with Crippen LogP contribution in [0.5, 0.6) is 0 Å². The van der Waals surface area contributed by atoms with Gasteiger partial charge in [0.25, 0.3) is 0 Å². The fraction of sp³-hybridized carbons (Fsp3) is 0.300. The number of hydrogen-bond acceptors (Lipinski definition) is 5. The predicted molar refractivity (Wildman–Crippen MR) is 107 cm³/mol. The van der Waals surface area contributed by atoms with E-state index < -0.39 is 15.6 Å². The first kappa shape index (κ1) is 20.0. The summed E-state index contributed by atoms with van der Waals surface area (Å²) >= 11 is 1.50. The molecule has 0 aliphatic heterocycles. The van der Waals surface area contributed by atoms with Gasteiger partial charge >= 0.3 is 5.76 Å². The van der Waals surface area contributed by atoms with Gasteiger partial charge in [0.15, 0.2) is 5.16 Å². The zero-order valence-corrected chi connectivity index (χ0v) is 17.0. The predicted octanol–water partition coefficient (Wildman–Crippen LogP) is 4.49. The van der Waals surface area contributed by atoms with Crippen LogP contribution in [0.25, 0.3) is 0 Å². The van der Waals surface area contributed by atoms with Crippen LogP contribution in [0.2, 0.25) is 0 Å². The van der Waals surface area contributed by atoms with Gasteiger partial charge in [0.2, 0.25) is 9.84 Å². The van der Waals surface area contributed by atoms with Crippen molar-refractivity contribution >= 4 is 21.6 Å². The lowest BCUT2D eigenvalue weighted by Gasteiger charge is -2.10. The van der Waals surface area contributed by atoms with E-state index in [0.29, 0.717) is 18.2 Å². The monoisotopic (exact) mass is 435 g/mol. The topological polar surface area (TPSA) is 64.8 Å². The van der Waals surface area contributed by atoms with Crippen molar-refractivity contribution in [2.45, 2.75) is 46.9 Å². The van der Waals surface area contributed by atoms with Gasteiger partial charge in [0.1, 0.15) is 5.82 Å². The third kappa shape index (κ3) is 4.51. The Kier molecular flexibility index (Phi) is 5.69. The quantitative estimate of drug-likeness (QED) is 0.488. The molecule has 1 aliphatic rings. The van der Waals surface area contributed by atoms with Gasteiger partial charge in [-0.05, 0) is 36.1 Å². The van der Waals surface area contributed by atoms with E-state index in [1.54, 1.807) is 12.1 Å². The number of alkyl halides is 2. The molecule has 1 heterocycles. The highest BCUT2D eigenvalue weighted by Gasteiger charge is 2.30. The summed E-state index contributed by atoms with van der Waals surface area (Å²) in [6.07, 6.45) is 2.25. The molecule has 0 radical (unpaired) electrons. The maximum absolute atomic E-state index is 12.7. The zero-order chi connectivity index (χ0) is 20.4. The molecule has 9 heteroatoms. The highest BCUT2D eigenvalue weighted by molar-refractivity contribution is 7.98. The maximum atomic E-state index is 12.7. The molecule has 152 valence electrons. The number of benzene rings is 2. The molecule has 5 nitrogen and oxygen atoms in total. The highest BCUT2D eigenvalue weighted by Crippen LogP contribution is 2.40. The molecule has 0 spiro atoms. The highest BCUT2D eigenvalue weighted by atomic mass is 32.2. The van der Waals surface area contributed by atoms with Crippen LogP contribution in [-0.2, 0) is 22.1 Å². The summed E-state index contributed by atoms with van der Waals surface area (Å²) in [6, 6.07) is 15.7. The van der Waals surface area contributed by atoms with Crippen LogP contribution in [0.15, 0.2) is 64.6 Å². The third-order valence-electron chi connectivity index (χ3n) is 4.73. The zero-order valence-electron chi connectivity index (χ0n) is 15.4. The molecule has 1 aromatic heterocycles. The molecule has 0 N–H and O–H groups in total. The molecular weight excluding hydrogens is 416 g/mol. The largest absolute Gasteiger partial charge is 0.341 e. The molecule has 4 rings (SSSR count). The second-order valence-electron chi connectivity index (χ2n) is 6.93. The fourth-order valence-corrected chi connectivity index (χ4v) is 4.61. The molecule has 3 aromatic rings. The van der Waals surface area contributed by atoms with E-state index in [-0.39, 0.29) is 4.90 Å². The van der Waals surface area contributed by atoms with Crippen LogP contribution in [0.3, 0.4) is 0 Å². The summed E-state index contributed by atoms with van der Waals surface area (Å²) in [7, 11) is -4.57. The molecule has 0 bridgehead atoms. The summed E-state index contributed by atoms with van der Waals surface area (Å²) in [5.41, 5.74) is 1.99. The van der Waals surface area contributed by atoms with Crippen molar-refractivity contribution in [3.8, 4) is 0 Å². The van der Waals surface area contributed by atoms with Crippen molar-refractivity contribution in [2.24, 2.45) is 0 Å². The molecular formula is C20H19F2N3O2S2. The number of aromatic nitrogens is 3. The Morgan fingerprint density at radius 1 is 1.00 bits per heavy atom. The summed E-state index contributed by atoms with van der Waals surface area (Å²) in [5, 5.41) is 9.52. The number of thioether (sulfide) groups is 1. The van der Waals surface area contributed by atoms with Gasteiger partial charge in [-0.3, -0.25) is 0 Å². The minimum atomic E-state index is -4.57. The molecule has 1 aliphatic carbocycles. The summed E-state index contributed by atoms with van der Waals surface area (Å²) in [5.74, 6) is -1.43. The van der Waals surface area contributed by atoms with E-state index in [0.717, 1.165) is 34.9 Å². The smallest absolute Gasteiger partial charge is 0.301 e. The maximum Gasteiger partial charge on any atom is 0.341 e. The van der Waals surface area contributed by atoms with E-state index in [1.165, 1.54) is 23.9 Å². The van der Waals surface area contributed by atoms with Crippen LogP contribution in [0.1, 0.15) is 35.7 Å². The summed E-state index contributed by atoms with van der Waals surface area (Å²) in [4.78, 5) is -0.371. The molecule has 0 saturated heterocycles. The average molecular weight is 436 g/mol. The Morgan fingerprint density at radius 2 is 1.69 bits per heavy atom. The SMILES string of the molecule is O=S(=O)(c1ccc(CSc2nnc(C3CC3)n2Cc2ccccc2)cc1)C(F)F. The summed E-state index contributed by atoms with van der Waals surface area (Å²) in [6.45, 7) is 0.688. The van der Waals surface area contributed by atoms with E-state index in [1.807, 2.05) is 18.2 Å². The molecule has 2 aromatic carbocycles. The second kappa shape index (κ2) is 8.23.